The molecule has 2 heterocycles. The van der Waals surface area contributed by atoms with Crippen molar-refractivity contribution in [3.05, 3.63) is 45.0 Å². The molecule has 1 aliphatic heterocycles. The Balaban J connectivity index is 1.95. The molecule has 3 rings (SSSR count). The van der Waals surface area contributed by atoms with Gasteiger partial charge in [-0.15, -0.1) is 0 Å². The third-order valence-corrected chi connectivity index (χ3v) is 5.78. The Morgan fingerprint density at radius 2 is 1.93 bits per heavy atom. The first-order valence-electron chi connectivity index (χ1n) is 8.88. The number of amides is 2. The Hall–Kier alpha value is -2.43. The van der Waals surface area contributed by atoms with Crippen LogP contribution in [-0.4, -0.2) is 56.7 Å². The van der Waals surface area contributed by atoms with Crippen LogP contribution in [0.4, 0.5) is 5.82 Å². The highest BCUT2D eigenvalue weighted by molar-refractivity contribution is 9.10. The lowest BCUT2D eigenvalue weighted by Crippen LogP contribution is -2.46. The Labute approximate surface area is 179 Å². The van der Waals surface area contributed by atoms with E-state index in [2.05, 4.69) is 26.3 Å². The van der Waals surface area contributed by atoms with E-state index >= 15 is 0 Å². The number of nitrogens with zero attached hydrogens (tertiary/aromatic N) is 3. The average molecular weight is 485 g/mol. The minimum Gasteiger partial charge on any atom is -0.476 e. The largest absolute Gasteiger partial charge is 0.476 e. The third kappa shape index (κ3) is 4.60. The number of halogens is 2. The van der Waals surface area contributed by atoms with E-state index in [4.69, 9.17) is 17.3 Å². The molecular formula is C18H19BrClN5O4. The highest BCUT2D eigenvalue weighted by Crippen LogP contribution is 2.29. The molecule has 1 atom stereocenters. The summed E-state index contributed by atoms with van der Waals surface area (Å²) in [4.78, 5) is 38.2. The van der Waals surface area contributed by atoms with E-state index in [0.29, 0.717) is 13.1 Å². The molecule has 2 aromatic rings. The van der Waals surface area contributed by atoms with Crippen molar-refractivity contribution in [3.63, 3.8) is 0 Å². The SMILES string of the molecule is NC(=O)C(Cn1nc(C(=O)O)c(Br)c1NC(=O)c1ccccc1Cl)N1CCCC1. The second-order valence-electron chi connectivity index (χ2n) is 6.59. The molecule has 1 fully saturated rings. The van der Waals surface area contributed by atoms with E-state index in [-0.39, 0.29) is 33.1 Å². The maximum absolute atomic E-state index is 12.7. The van der Waals surface area contributed by atoms with Crippen LogP contribution in [0, 0.1) is 0 Å². The minimum atomic E-state index is -1.28. The highest BCUT2D eigenvalue weighted by Gasteiger charge is 2.30. The van der Waals surface area contributed by atoms with Crippen LogP contribution in [-0.2, 0) is 11.3 Å². The van der Waals surface area contributed by atoms with Gasteiger partial charge in [0.1, 0.15) is 11.9 Å². The molecule has 0 saturated carbocycles. The number of benzene rings is 1. The van der Waals surface area contributed by atoms with Gasteiger partial charge in [0.15, 0.2) is 5.69 Å². The number of carbonyl (C=O) groups excluding carboxylic acids is 2. The summed E-state index contributed by atoms with van der Waals surface area (Å²) >= 11 is 9.27. The second-order valence-corrected chi connectivity index (χ2v) is 7.79. The lowest BCUT2D eigenvalue weighted by atomic mass is 10.2. The van der Waals surface area contributed by atoms with E-state index in [1.165, 1.54) is 4.68 Å². The highest BCUT2D eigenvalue weighted by atomic mass is 79.9. The Morgan fingerprint density at radius 1 is 1.28 bits per heavy atom. The zero-order valence-corrected chi connectivity index (χ0v) is 17.6. The van der Waals surface area contributed by atoms with Gasteiger partial charge in [0.05, 0.1) is 21.6 Å². The summed E-state index contributed by atoms with van der Waals surface area (Å²) in [7, 11) is 0. The molecule has 11 heteroatoms. The van der Waals surface area contributed by atoms with Gasteiger partial charge in [-0.1, -0.05) is 23.7 Å². The van der Waals surface area contributed by atoms with Crippen LogP contribution in [0.3, 0.4) is 0 Å². The van der Waals surface area contributed by atoms with Crippen molar-refractivity contribution in [2.75, 3.05) is 18.4 Å². The quantitative estimate of drug-likeness (QED) is 0.552. The molecule has 29 heavy (non-hydrogen) atoms. The number of hydrogen-bond acceptors (Lipinski definition) is 5. The number of nitrogens with two attached hydrogens (primary N) is 1. The number of carboxylic acid groups (broad SMARTS) is 1. The summed E-state index contributed by atoms with van der Waals surface area (Å²) in [5.74, 6) is -2.25. The topological polar surface area (TPSA) is 131 Å². The van der Waals surface area contributed by atoms with Crippen molar-refractivity contribution in [1.82, 2.24) is 14.7 Å². The first-order valence-corrected chi connectivity index (χ1v) is 10.1. The van der Waals surface area contributed by atoms with Crippen molar-refractivity contribution in [1.29, 1.82) is 0 Å². The molecule has 2 amide bonds. The molecule has 0 aliphatic carbocycles. The molecule has 0 spiro atoms. The van der Waals surface area contributed by atoms with Gasteiger partial charge in [-0.3, -0.25) is 14.5 Å². The predicted molar refractivity (Wildman–Crippen MR) is 110 cm³/mol. The number of carboxylic acids is 1. The molecule has 1 unspecified atom stereocenters. The van der Waals surface area contributed by atoms with E-state index in [0.717, 1.165) is 12.8 Å². The van der Waals surface area contributed by atoms with Gasteiger partial charge >= 0.3 is 5.97 Å². The van der Waals surface area contributed by atoms with Gasteiger partial charge in [-0.05, 0) is 54.0 Å². The monoisotopic (exact) mass is 483 g/mol. The molecule has 9 nitrogen and oxygen atoms in total. The molecule has 154 valence electrons. The molecule has 1 aromatic carbocycles. The van der Waals surface area contributed by atoms with Crippen LogP contribution in [0.1, 0.15) is 33.7 Å². The average Bonchev–Trinajstić information content (AvgIpc) is 3.29. The maximum atomic E-state index is 12.7. The normalized spacial score (nSPS) is 15.2. The molecule has 0 bridgehead atoms. The van der Waals surface area contributed by atoms with Crippen LogP contribution in [0.2, 0.25) is 5.02 Å². The molecule has 1 aliphatic rings. The van der Waals surface area contributed by atoms with Gasteiger partial charge in [0, 0.05) is 0 Å². The maximum Gasteiger partial charge on any atom is 0.357 e. The number of primary amides is 1. The Morgan fingerprint density at radius 3 is 2.52 bits per heavy atom. The first-order chi connectivity index (χ1) is 13.8. The van der Waals surface area contributed by atoms with Gasteiger partial charge < -0.3 is 16.2 Å². The predicted octanol–water partition coefficient (Wildman–Crippen LogP) is 2.20. The fourth-order valence-corrected chi connectivity index (χ4v) is 4.03. The summed E-state index contributed by atoms with van der Waals surface area (Å²) in [6.45, 7) is 1.42. The van der Waals surface area contributed by atoms with Gasteiger partial charge in [0.25, 0.3) is 5.91 Å². The summed E-state index contributed by atoms with van der Waals surface area (Å²) in [5.41, 5.74) is 5.51. The number of nitrogens with one attached hydrogen (secondary N) is 1. The van der Waals surface area contributed by atoms with Crippen LogP contribution >= 0.6 is 27.5 Å². The summed E-state index contributed by atoms with van der Waals surface area (Å²) in [5, 5.41) is 16.4. The fourth-order valence-electron chi connectivity index (χ4n) is 3.25. The van der Waals surface area contributed by atoms with E-state index in [1.54, 1.807) is 24.3 Å². The summed E-state index contributed by atoms with van der Waals surface area (Å²) in [6.07, 6.45) is 1.89. The third-order valence-electron chi connectivity index (χ3n) is 4.70. The Kier molecular flexibility index (Phi) is 6.56. The van der Waals surface area contributed by atoms with Crippen molar-refractivity contribution in [3.8, 4) is 0 Å². The number of likely N-dealkylation sites (tertiary alicyclic amines) is 1. The van der Waals surface area contributed by atoms with E-state index < -0.39 is 23.8 Å². The second kappa shape index (κ2) is 8.93. The van der Waals surface area contributed by atoms with Crippen molar-refractivity contribution in [2.24, 2.45) is 5.73 Å². The van der Waals surface area contributed by atoms with E-state index in [1.807, 2.05) is 4.90 Å². The Bertz CT molecular complexity index is 958. The van der Waals surface area contributed by atoms with Crippen molar-refractivity contribution < 1.29 is 19.5 Å². The summed E-state index contributed by atoms with van der Waals surface area (Å²) < 4.78 is 1.37. The van der Waals surface area contributed by atoms with Crippen LogP contribution < -0.4 is 11.1 Å². The number of aromatic nitrogens is 2. The van der Waals surface area contributed by atoms with Gasteiger partial charge in [-0.25, -0.2) is 9.48 Å². The number of carbonyl (C=O) groups is 3. The first kappa shape index (κ1) is 21.3. The minimum absolute atomic E-state index is 0.000646. The number of anilines is 1. The van der Waals surface area contributed by atoms with E-state index in [9.17, 15) is 19.5 Å². The molecule has 1 aromatic heterocycles. The van der Waals surface area contributed by atoms with Gasteiger partial charge in [-0.2, -0.15) is 5.10 Å². The lowest BCUT2D eigenvalue weighted by Gasteiger charge is -2.25. The standard InChI is InChI=1S/C18H19BrClN5O4/c19-13-14(18(28)29)23-25(9-12(15(21)26)24-7-3-4-8-24)16(13)22-17(27)10-5-1-2-6-11(10)20/h1-2,5-6,12H,3-4,7-9H2,(H2,21,26)(H,22,27)(H,28,29). The fraction of sp³-hybridized carbons (Fsp3) is 0.333. The number of rotatable bonds is 7. The van der Waals surface area contributed by atoms with Crippen LogP contribution in [0.25, 0.3) is 0 Å². The lowest BCUT2D eigenvalue weighted by molar-refractivity contribution is -0.123. The van der Waals surface area contributed by atoms with Crippen LogP contribution in [0.5, 0.6) is 0 Å². The molecule has 1 saturated heterocycles. The van der Waals surface area contributed by atoms with Crippen molar-refractivity contribution >= 4 is 51.1 Å². The zero-order valence-electron chi connectivity index (χ0n) is 15.3. The molecular weight excluding hydrogens is 466 g/mol. The van der Waals surface area contributed by atoms with Crippen LogP contribution in [0.15, 0.2) is 28.7 Å². The number of hydrogen-bond donors (Lipinski definition) is 3. The van der Waals surface area contributed by atoms with Crippen molar-refractivity contribution in [2.45, 2.75) is 25.4 Å². The zero-order chi connectivity index (χ0) is 21.1. The summed E-state index contributed by atoms with van der Waals surface area (Å²) in [6, 6.07) is 5.78. The van der Waals surface area contributed by atoms with Gasteiger partial charge in [0.2, 0.25) is 5.91 Å². The molecule has 0 radical (unpaired) electrons. The molecule has 4 N–H and O–H groups in total. The smallest absolute Gasteiger partial charge is 0.357 e. The number of aromatic carboxylic acids is 1.